The monoisotopic (exact) mass is 278 g/mol. The number of ether oxygens (including phenoxy) is 1. The van der Waals surface area contributed by atoms with Crippen LogP contribution in [0.15, 0.2) is 12.1 Å². The van der Waals surface area contributed by atoms with Crippen LogP contribution >= 0.6 is 0 Å². The van der Waals surface area contributed by atoms with E-state index in [2.05, 4.69) is 6.92 Å². The van der Waals surface area contributed by atoms with Crippen molar-refractivity contribution >= 4 is 5.97 Å². The molecule has 0 amide bonds. The van der Waals surface area contributed by atoms with E-state index in [4.69, 9.17) is 9.84 Å². The molecule has 1 aromatic rings. The zero-order valence-electron chi connectivity index (χ0n) is 12.9. The van der Waals surface area contributed by atoms with Crippen molar-refractivity contribution in [3.05, 3.63) is 28.8 Å². The van der Waals surface area contributed by atoms with E-state index in [1.807, 2.05) is 26.0 Å². The molecule has 0 saturated carbocycles. The van der Waals surface area contributed by atoms with Crippen LogP contribution in [-0.4, -0.2) is 17.7 Å². The van der Waals surface area contributed by atoms with Crippen molar-refractivity contribution in [3.63, 3.8) is 0 Å². The molecule has 0 saturated heterocycles. The molecule has 0 aliphatic heterocycles. The number of carboxylic acid groups (broad SMARTS) is 1. The third-order valence-corrected chi connectivity index (χ3v) is 3.37. The summed E-state index contributed by atoms with van der Waals surface area (Å²) in [6.07, 6.45) is 6.18. The average molecular weight is 278 g/mol. The Morgan fingerprint density at radius 1 is 1.10 bits per heavy atom. The Kier molecular flexibility index (Phi) is 7.13. The van der Waals surface area contributed by atoms with Crippen molar-refractivity contribution in [2.75, 3.05) is 6.61 Å². The zero-order chi connectivity index (χ0) is 15.0. The van der Waals surface area contributed by atoms with E-state index in [1.54, 1.807) is 0 Å². The normalized spacial score (nSPS) is 10.6. The highest BCUT2D eigenvalue weighted by Gasteiger charge is 2.08. The summed E-state index contributed by atoms with van der Waals surface area (Å²) in [5.74, 6) is 0.114. The van der Waals surface area contributed by atoms with E-state index in [0.29, 0.717) is 0 Å². The first-order valence-electron chi connectivity index (χ1n) is 7.49. The summed E-state index contributed by atoms with van der Waals surface area (Å²) in [7, 11) is 0. The maximum absolute atomic E-state index is 10.7. The molecule has 3 heteroatoms. The Labute approximate surface area is 122 Å². The lowest BCUT2D eigenvalue weighted by atomic mass is 10.0. The summed E-state index contributed by atoms with van der Waals surface area (Å²) < 4.78 is 5.86. The van der Waals surface area contributed by atoms with Crippen molar-refractivity contribution in [2.24, 2.45) is 0 Å². The van der Waals surface area contributed by atoms with Crippen molar-refractivity contribution in [3.8, 4) is 5.75 Å². The van der Waals surface area contributed by atoms with Crippen molar-refractivity contribution in [1.82, 2.24) is 0 Å². The number of rotatable bonds is 9. The fraction of sp³-hybridized carbons (Fsp3) is 0.588. The molecule has 1 rings (SSSR count). The molecule has 0 bridgehead atoms. The van der Waals surface area contributed by atoms with Crippen LogP contribution in [0.3, 0.4) is 0 Å². The molecule has 0 unspecified atom stereocenters. The minimum absolute atomic E-state index is 0.0684. The van der Waals surface area contributed by atoms with Crippen molar-refractivity contribution < 1.29 is 14.6 Å². The smallest absolute Gasteiger partial charge is 0.307 e. The van der Waals surface area contributed by atoms with Crippen LogP contribution < -0.4 is 4.74 Å². The topological polar surface area (TPSA) is 46.5 Å². The summed E-state index contributed by atoms with van der Waals surface area (Å²) in [5, 5.41) is 8.83. The molecule has 20 heavy (non-hydrogen) atoms. The summed E-state index contributed by atoms with van der Waals surface area (Å²) >= 11 is 0. The predicted molar refractivity (Wildman–Crippen MR) is 81.5 cm³/mol. The van der Waals surface area contributed by atoms with Gasteiger partial charge in [0.15, 0.2) is 0 Å². The molecule has 3 nitrogen and oxygen atoms in total. The molecular weight excluding hydrogens is 252 g/mol. The van der Waals surface area contributed by atoms with Gasteiger partial charge < -0.3 is 9.84 Å². The molecular formula is C17H26O3. The number of carbonyl (C=O) groups is 1. The van der Waals surface area contributed by atoms with E-state index in [0.717, 1.165) is 35.5 Å². The standard InChI is InChI=1S/C17H26O3/c1-4-5-6-7-8-9-20-17-13(2)10-15(11-14(17)3)12-16(18)19/h10-11H,4-9,12H2,1-3H3,(H,18,19). The highest BCUT2D eigenvalue weighted by atomic mass is 16.5. The Morgan fingerprint density at radius 3 is 2.25 bits per heavy atom. The number of aryl methyl sites for hydroxylation is 2. The molecule has 112 valence electrons. The molecule has 0 radical (unpaired) electrons. The first-order chi connectivity index (χ1) is 9.54. The van der Waals surface area contributed by atoms with Gasteiger partial charge in [-0.3, -0.25) is 4.79 Å². The minimum atomic E-state index is -0.798. The van der Waals surface area contributed by atoms with Gasteiger partial charge in [0.25, 0.3) is 0 Å². The highest BCUT2D eigenvalue weighted by Crippen LogP contribution is 2.25. The fourth-order valence-corrected chi connectivity index (χ4v) is 2.42. The second-order valence-corrected chi connectivity index (χ2v) is 5.39. The predicted octanol–water partition coefficient (Wildman–Crippen LogP) is 4.28. The van der Waals surface area contributed by atoms with Crippen LogP contribution in [0, 0.1) is 13.8 Å². The molecule has 0 aliphatic rings. The van der Waals surface area contributed by atoms with E-state index in [9.17, 15) is 4.79 Å². The van der Waals surface area contributed by atoms with E-state index in [-0.39, 0.29) is 6.42 Å². The third-order valence-electron chi connectivity index (χ3n) is 3.37. The second kappa shape index (κ2) is 8.62. The van der Waals surface area contributed by atoms with Gasteiger partial charge in [-0.25, -0.2) is 0 Å². The number of hydrogen-bond acceptors (Lipinski definition) is 2. The molecule has 0 spiro atoms. The highest BCUT2D eigenvalue weighted by molar-refractivity contribution is 5.70. The minimum Gasteiger partial charge on any atom is -0.493 e. The first kappa shape index (κ1) is 16.5. The Morgan fingerprint density at radius 2 is 1.70 bits per heavy atom. The lowest BCUT2D eigenvalue weighted by molar-refractivity contribution is -0.136. The van der Waals surface area contributed by atoms with Gasteiger partial charge in [0.05, 0.1) is 13.0 Å². The number of carboxylic acids is 1. The zero-order valence-corrected chi connectivity index (χ0v) is 12.9. The van der Waals surface area contributed by atoms with Crippen LogP contribution in [0.2, 0.25) is 0 Å². The quantitative estimate of drug-likeness (QED) is 0.686. The van der Waals surface area contributed by atoms with Crippen LogP contribution in [0.1, 0.15) is 55.7 Å². The van der Waals surface area contributed by atoms with Gasteiger partial charge in [0.2, 0.25) is 0 Å². The molecule has 0 aromatic heterocycles. The average Bonchev–Trinajstić information content (AvgIpc) is 2.35. The summed E-state index contributed by atoms with van der Waals surface area (Å²) in [5.41, 5.74) is 2.88. The van der Waals surface area contributed by atoms with Crippen molar-refractivity contribution in [2.45, 2.75) is 59.3 Å². The van der Waals surface area contributed by atoms with Crippen LogP contribution in [-0.2, 0) is 11.2 Å². The van der Waals surface area contributed by atoms with Gasteiger partial charge >= 0.3 is 5.97 Å². The maximum atomic E-state index is 10.7. The van der Waals surface area contributed by atoms with Gasteiger partial charge in [-0.2, -0.15) is 0 Å². The Bertz CT molecular complexity index is 415. The van der Waals surface area contributed by atoms with Crippen molar-refractivity contribution in [1.29, 1.82) is 0 Å². The van der Waals surface area contributed by atoms with E-state index < -0.39 is 5.97 Å². The fourth-order valence-electron chi connectivity index (χ4n) is 2.42. The van der Waals surface area contributed by atoms with Gasteiger partial charge in [-0.05, 0) is 37.0 Å². The molecule has 1 N–H and O–H groups in total. The van der Waals surface area contributed by atoms with Gasteiger partial charge in [-0.15, -0.1) is 0 Å². The Hall–Kier alpha value is -1.51. The second-order valence-electron chi connectivity index (χ2n) is 5.39. The Balaban J connectivity index is 2.51. The molecule has 0 fully saturated rings. The summed E-state index contributed by atoms with van der Waals surface area (Å²) in [6, 6.07) is 3.82. The number of hydrogen-bond donors (Lipinski definition) is 1. The summed E-state index contributed by atoms with van der Waals surface area (Å²) in [4.78, 5) is 10.7. The van der Waals surface area contributed by atoms with Gasteiger partial charge in [-0.1, -0.05) is 44.7 Å². The SMILES string of the molecule is CCCCCCCOc1c(C)cc(CC(=O)O)cc1C. The lowest BCUT2D eigenvalue weighted by Gasteiger charge is -2.13. The van der Waals surface area contributed by atoms with Crippen LogP contribution in [0.4, 0.5) is 0 Å². The van der Waals surface area contributed by atoms with E-state index >= 15 is 0 Å². The lowest BCUT2D eigenvalue weighted by Crippen LogP contribution is -2.04. The largest absolute Gasteiger partial charge is 0.493 e. The van der Waals surface area contributed by atoms with E-state index in [1.165, 1.54) is 25.7 Å². The first-order valence-corrected chi connectivity index (χ1v) is 7.49. The summed E-state index contributed by atoms with van der Waals surface area (Å²) in [6.45, 7) is 6.90. The molecule has 0 atom stereocenters. The maximum Gasteiger partial charge on any atom is 0.307 e. The van der Waals surface area contributed by atoms with Crippen LogP contribution in [0.5, 0.6) is 5.75 Å². The third kappa shape index (κ3) is 5.64. The number of unbranched alkanes of at least 4 members (excludes halogenated alkanes) is 4. The molecule has 0 heterocycles. The molecule has 0 aliphatic carbocycles. The number of aliphatic carboxylic acids is 1. The molecule has 1 aromatic carbocycles. The van der Waals surface area contributed by atoms with Crippen LogP contribution in [0.25, 0.3) is 0 Å². The van der Waals surface area contributed by atoms with Gasteiger partial charge in [0.1, 0.15) is 5.75 Å². The number of benzene rings is 1. The van der Waals surface area contributed by atoms with Gasteiger partial charge in [0, 0.05) is 0 Å².